The molecule has 1 aromatic carbocycles. The summed E-state index contributed by atoms with van der Waals surface area (Å²) in [6.07, 6.45) is 44.9. The molecule has 0 fully saturated rings. The molecule has 8 aromatic heterocycles. The quantitative estimate of drug-likeness (QED) is 0.0531. The van der Waals surface area contributed by atoms with Crippen molar-refractivity contribution in [3.63, 3.8) is 0 Å². The zero-order valence-electron chi connectivity index (χ0n) is 55.7. The Bertz CT molecular complexity index is 5190. The lowest BCUT2D eigenvalue weighted by Gasteiger charge is -2.10. The minimum absolute atomic E-state index is 0.457. The van der Waals surface area contributed by atoms with Gasteiger partial charge in [0.1, 0.15) is 11.6 Å². The van der Waals surface area contributed by atoms with Gasteiger partial charge in [0, 0.05) is 143 Å². The lowest BCUT2D eigenvalue weighted by atomic mass is 9.99. The maximum Gasteiger partial charge on any atom is 0.143 e. The van der Waals surface area contributed by atoms with Gasteiger partial charge in [0.25, 0.3) is 0 Å². The summed E-state index contributed by atoms with van der Waals surface area (Å²) in [5.41, 5.74) is 30.3. The summed E-state index contributed by atoms with van der Waals surface area (Å²) in [5.74, 6) is 2.79. The van der Waals surface area contributed by atoms with E-state index in [0.29, 0.717) is 90.0 Å². The molecule has 0 saturated carbocycles. The predicted octanol–water partition coefficient (Wildman–Crippen LogP) is 16.7. The topological polar surface area (TPSA) is 187 Å². The summed E-state index contributed by atoms with van der Waals surface area (Å²) >= 11 is 9.52. The number of aromatic amines is 4. The molecule has 7 aliphatic rings. The largest absolute Gasteiger partial charge is 0.377 e. The van der Waals surface area contributed by atoms with Crippen molar-refractivity contribution >= 4 is 124 Å². The van der Waals surface area contributed by atoms with Gasteiger partial charge in [-0.05, 0) is 189 Å². The number of thiol groups is 2. The molecule has 4 N–H and O–H groups in total. The van der Waals surface area contributed by atoms with Gasteiger partial charge in [-0.3, -0.25) is 0 Å². The van der Waals surface area contributed by atoms with E-state index in [1.807, 2.05) is 84.5 Å². The van der Waals surface area contributed by atoms with Gasteiger partial charge < -0.3 is 48.0 Å². The van der Waals surface area contributed by atoms with Crippen LogP contribution in [0.5, 0.6) is 0 Å². The van der Waals surface area contributed by atoms with Crippen LogP contribution in [0.25, 0.3) is 132 Å². The molecule has 0 atom stereocenters. The van der Waals surface area contributed by atoms with Crippen molar-refractivity contribution in [3.8, 4) is 33.9 Å². The molecular weight excluding hydrogens is 1270 g/mol. The summed E-state index contributed by atoms with van der Waals surface area (Å²) < 4.78 is 29.3. The molecule has 0 amide bonds. The second-order valence-electron chi connectivity index (χ2n) is 25.3. The molecule has 0 unspecified atom stereocenters. The Kier molecular flexibility index (Phi) is 19.8. The molecular formula is C81H78N12O4S2. The van der Waals surface area contributed by atoms with Crippen LogP contribution < -0.4 is 0 Å². The van der Waals surface area contributed by atoms with Crippen molar-refractivity contribution in [1.82, 2.24) is 59.0 Å². The Morgan fingerprint density at radius 3 is 1.09 bits per heavy atom. The van der Waals surface area contributed by atoms with Crippen LogP contribution in [-0.4, -0.2) is 112 Å². The number of ether oxygens (including phenoxy) is 4. The smallest absolute Gasteiger partial charge is 0.143 e. The number of fused-ring (bicyclic) bond motifs is 24. The summed E-state index contributed by atoms with van der Waals surface area (Å²) in [5, 5.41) is 0. The van der Waals surface area contributed by atoms with Crippen LogP contribution in [0.2, 0.25) is 0 Å². The average Bonchev–Trinajstić information content (AvgIpc) is 1.62. The van der Waals surface area contributed by atoms with Crippen molar-refractivity contribution in [3.05, 3.63) is 224 Å². The predicted molar refractivity (Wildman–Crippen MR) is 408 cm³/mol. The molecule has 14 heterocycles. The molecule has 16 nitrogen and oxygen atoms in total. The third-order valence-electron chi connectivity index (χ3n) is 18.7. The molecule has 20 bridgehead atoms. The number of nitrogens with one attached hydrogen (secondary N) is 4. The van der Waals surface area contributed by atoms with Gasteiger partial charge in [0.15, 0.2) is 0 Å². The fourth-order valence-corrected chi connectivity index (χ4v) is 14.2. The number of allylic oxidation sites excluding steroid dienone is 3. The molecule has 9 aromatic rings. The number of H-pyrrole nitrogens is 4. The first-order valence-corrected chi connectivity index (χ1v) is 35.4. The van der Waals surface area contributed by atoms with Gasteiger partial charge in [-0.1, -0.05) is 42.5 Å². The second-order valence-corrected chi connectivity index (χ2v) is 25.9. The summed E-state index contributed by atoms with van der Waals surface area (Å²) in [7, 11) is 4.05. The number of aryl methyl sites for hydroxylation is 6. The molecule has 6 aliphatic heterocycles. The Morgan fingerprint density at radius 2 is 0.747 bits per heavy atom. The van der Waals surface area contributed by atoms with Crippen LogP contribution in [0.4, 0.5) is 0 Å². The van der Waals surface area contributed by atoms with E-state index in [0.717, 1.165) is 194 Å². The molecule has 99 heavy (non-hydrogen) atoms. The molecule has 0 radical (unpaired) electrons. The van der Waals surface area contributed by atoms with E-state index in [-0.39, 0.29) is 0 Å². The Labute approximate surface area is 586 Å². The third-order valence-corrected chi connectivity index (χ3v) is 19.4. The van der Waals surface area contributed by atoms with Gasteiger partial charge in [-0.2, -0.15) is 25.3 Å². The van der Waals surface area contributed by atoms with E-state index >= 15 is 0 Å². The minimum atomic E-state index is 0.457. The number of benzene rings is 1. The number of hydrogen-bond donors (Lipinski definition) is 6. The third kappa shape index (κ3) is 14.1. The SMILES string of the molecule is Cn1ccnc1-c1c2nc(c3c4ccc([nH]4)c(C4=CC=C=C4)c4nc(c(c5ccc1[nH]5)CCCOCC=CCOCCCc1c5nc(c(-c6cc(CS)cc(CS)c6)c6ccc([nH]6)c(c6nc(c(-c7nccn7C)c7ccc1[nH]7)C=C6)CCCOCC=CCOCCC3)C=C5)C=C4)C=C2. The maximum atomic E-state index is 6.32. The average molecular weight is 1350 g/mol. The van der Waals surface area contributed by atoms with Crippen LogP contribution in [0.1, 0.15) is 110 Å². The lowest BCUT2D eigenvalue weighted by Crippen LogP contribution is -2.01. The molecule has 1 aliphatic carbocycles. The lowest BCUT2D eigenvalue weighted by molar-refractivity contribution is 0.151. The molecule has 16 rings (SSSR count). The number of aromatic nitrogens is 12. The van der Waals surface area contributed by atoms with Crippen molar-refractivity contribution in [1.29, 1.82) is 0 Å². The van der Waals surface area contributed by atoms with Crippen molar-refractivity contribution in [2.24, 2.45) is 14.1 Å². The van der Waals surface area contributed by atoms with E-state index in [1.54, 1.807) is 0 Å². The van der Waals surface area contributed by atoms with E-state index in [1.165, 1.54) is 0 Å². The monoisotopic (exact) mass is 1350 g/mol. The molecule has 0 spiro atoms. The summed E-state index contributed by atoms with van der Waals surface area (Å²) in [6.45, 7) is 4.02. The highest BCUT2D eigenvalue weighted by atomic mass is 32.1. The van der Waals surface area contributed by atoms with E-state index in [2.05, 4.69) is 147 Å². The molecule has 0 saturated heterocycles. The first-order valence-electron chi connectivity index (χ1n) is 34.1. The maximum absolute atomic E-state index is 6.32. The second kappa shape index (κ2) is 30.1. The van der Waals surface area contributed by atoms with Gasteiger partial charge in [0.05, 0.1) is 94.1 Å². The first kappa shape index (κ1) is 65.1. The Balaban J connectivity index is 0.775. The fraction of sp³-hybridized carbons (Fsp3) is 0.247. The highest BCUT2D eigenvalue weighted by molar-refractivity contribution is 7.79. The van der Waals surface area contributed by atoms with Crippen molar-refractivity contribution < 1.29 is 18.9 Å². The summed E-state index contributed by atoms with van der Waals surface area (Å²) in [6, 6.07) is 23.9. The normalized spacial score (nSPS) is 15.7. The highest BCUT2D eigenvalue weighted by Gasteiger charge is 2.23. The standard InChI is InChI=1S/C81H78N12O4S2/c1-92-37-35-82-80(92)78-72-31-23-64(88-72)56-15-9-43-94-39-5-7-41-96-45-11-17-58-62-21-29-70(86-62)77(55-48-52(50-98)47-53(49-55)51-99)71-30-22-63(87-71)59(67-26-34-75(91-67)79(74-33-25-66(58)90-74)81-83-36-38-93(81)2)18-12-46-97-42-8-6-40-95-44-10-16-57(65-24-32-73(78)89-65)61-20-28-69(85-61)76(54-13-3-4-14-54)68-27-19-60(56)84-68/h3,5-8,13-14,19-38,47-49,84,86,89,91,98-99H,9-12,15-18,39-46,50-51H2,1-2H3. The van der Waals surface area contributed by atoms with Gasteiger partial charge in [-0.25, -0.2) is 29.9 Å². The van der Waals surface area contributed by atoms with Crippen LogP contribution in [-0.2, 0) is 70.2 Å². The number of nitrogens with zero attached hydrogens (tertiary/aromatic N) is 8. The first-order chi connectivity index (χ1) is 48.8. The molecule has 18 heteroatoms. The zero-order chi connectivity index (χ0) is 67.0. The number of hydrogen-bond acceptors (Lipinski definition) is 12. The minimum Gasteiger partial charge on any atom is -0.377 e. The number of imidazole rings is 2. The van der Waals surface area contributed by atoms with Crippen LogP contribution in [0.3, 0.4) is 0 Å². The van der Waals surface area contributed by atoms with Crippen LogP contribution in [0, 0.1) is 0 Å². The van der Waals surface area contributed by atoms with E-state index < -0.39 is 0 Å². The van der Waals surface area contributed by atoms with Crippen LogP contribution in [0.15, 0.2) is 140 Å². The highest BCUT2D eigenvalue weighted by Crippen LogP contribution is 2.38. The Morgan fingerprint density at radius 1 is 0.414 bits per heavy atom. The van der Waals surface area contributed by atoms with Gasteiger partial charge in [0.2, 0.25) is 0 Å². The van der Waals surface area contributed by atoms with Gasteiger partial charge in [-0.15, -0.1) is 5.73 Å². The van der Waals surface area contributed by atoms with E-state index in [4.69, 9.17) is 74.1 Å². The summed E-state index contributed by atoms with van der Waals surface area (Å²) in [4.78, 5) is 47.1. The van der Waals surface area contributed by atoms with Crippen molar-refractivity contribution in [2.45, 2.75) is 62.9 Å². The molecule has 498 valence electrons. The van der Waals surface area contributed by atoms with E-state index in [9.17, 15) is 0 Å². The fourth-order valence-electron chi connectivity index (χ4n) is 13.8. The zero-order valence-corrected chi connectivity index (χ0v) is 57.4. The van der Waals surface area contributed by atoms with Crippen LogP contribution >= 0.6 is 25.3 Å². The van der Waals surface area contributed by atoms with Crippen molar-refractivity contribution in [2.75, 3.05) is 52.9 Å². The number of rotatable bonds is 6. The van der Waals surface area contributed by atoms with Gasteiger partial charge >= 0.3 is 0 Å². The Hall–Kier alpha value is -9.88.